The number of nitrogens with zero attached hydrogens (tertiary/aromatic N) is 2. The number of quaternary nitrogens is 1. The molecule has 0 saturated carbocycles. The van der Waals surface area contributed by atoms with Gasteiger partial charge in [-0.05, 0) is 18.6 Å². The van der Waals surface area contributed by atoms with Crippen molar-refractivity contribution in [3.8, 4) is 0 Å². The molecule has 2 unspecified atom stereocenters. The molecule has 5 heteroatoms. The van der Waals surface area contributed by atoms with Crippen LogP contribution in [0.4, 0.5) is 0 Å². The van der Waals surface area contributed by atoms with Crippen molar-refractivity contribution in [2.24, 2.45) is 10.5 Å². The number of hydrogen-bond acceptors (Lipinski definition) is 3. The van der Waals surface area contributed by atoms with E-state index in [1.54, 1.807) is 17.6 Å². The lowest BCUT2D eigenvalue weighted by molar-refractivity contribution is -0.903. The van der Waals surface area contributed by atoms with Gasteiger partial charge in [0, 0.05) is 22.6 Å². The molecule has 2 rings (SSSR count). The van der Waals surface area contributed by atoms with Gasteiger partial charge in [-0.2, -0.15) is 4.59 Å². The number of nitrogens with one attached hydrogen (secondary N) is 1. The second-order valence-electron chi connectivity index (χ2n) is 7.19. The molecule has 2 atom stereocenters. The SMILES string of the molecule is CCC1=N[N+](C)(C(c2ccc(C(=O)NO)cc2)C(C)(C)C)C=C1. The van der Waals surface area contributed by atoms with Crippen LogP contribution in [0.15, 0.2) is 41.6 Å². The quantitative estimate of drug-likeness (QED) is 0.506. The highest BCUT2D eigenvalue weighted by Crippen LogP contribution is 2.44. The average molecular weight is 316 g/mol. The first kappa shape index (κ1) is 17.4. The fourth-order valence-electron chi connectivity index (χ4n) is 3.38. The van der Waals surface area contributed by atoms with Gasteiger partial charge in [-0.1, -0.05) is 44.9 Å². The zero-order valence-electron chi connectivity index (χ0n) is 14.5. The van der Waals surface area contributed by atoms with Crippen molar-refractivity contribution in [1.82, 2.24) is 5.48 Å². The molecule has 2 N–H and O–H groups in total. The van der Waals surface area contributed by atoms with Crippen molar-refractivity contribution >= 4 is 11.6 Å². The van der Waals surface area contributed by atoms with Gasteiger partial charge in [0.2, 0.25) is 0 Å². The molecular weight excluding hydrogens is 290 g/mol. The number of allylic oxidation sites excluding steroid dienone is 1. The average Bonchev–Trinajstić information content (AvgIpc) is 2.88. The van der Waals surface area contributed by atoms with E-state index >= 15 is 0 Å². The standard InChI is InChI=1S/C18H25N3O2/c1-6-15-11-12-21(5,19-15)16(18(2,3)4)13-7-9-14(10-8-13)17(22)20-23/h7-12,16H,6H2,1-5H3,(H-,20,22,23)/p+1. The molecule has 23 heavy (non-hydrogen) atoms. The van der Waals surface area contributed by atoms with E-state index in [2.05, 4.69) is 47.0 Å². The molecule has 0 aromatic heterocycles. The molecule has 1 aromatic carbocycles. The Morgan fingerprint density at radius 3 is 2.35 bits per heavy atom. The van der Waals surface area contributed by atoms with Crippen LogP contribution in [0, 0.1) is 5.41 Å². The lowest BCUT2D eigenvalue weighted by atomic mass is 9.81. The molecule has 0 fully saturated rings. The maximum atomic E-state index is 11.5. The van der Waals surface area contributed by atoms with Crippen molar-refractivity contribution in [3.63, 3.8) is 0 Å². The minimum atomic E-state index is -0.503. The van der Waals surface area contributed by atoms with E-state index in [1.165, 1.54) is 0 Å². The Hall–Kier alpha value is -1.98. The predicted molar refractivity (Wildman–Crippen MR) is 90.9 cm³/mol. The summed E-state index contributed by atoms with van der Waals surface area (Å²) < 4.78 is 0.470. The Kier molecular flexibility index (Phi) is 4.73. The van der Waals surface area contributed by atoms with Crippen LogP contribution in [0.25, 0.3) is 0 Å². The molecule has 0 spiro atoms. The van der Waals surface area contributed by atoms with Gasteiger partial charge in [0.05, 0.1) is 7.05 Å². The van der Waals surface area contributed by atoms with Crippen LogP contribution in [0.3, 0.4) is 0 Å². The number of benzene rings is 1. The van der Waals surface area contributed by atoms with Gasteiger partial charge in [0.1, 0.15) is 18.0 Å². The summed E-state index contributed by atoms with van der Waals surface area (Å²) in [6.45, 7) is 8.70. The lowest BCUT2D eigenvalue weighted by Gasteiger charge is -2.39. The summed E-state index contributed by atoms with van der Waals surface area (Å²) in [4.78, 5) is 11.5. The maximum absolute atomic E-state index is 11.5. The first-order valence-electron chi connectivity index (χ1n) is 7.90. The van der Waals surface area contributed by atoms with Gasteiger partial charge in [-0.3, -0.25) is 10.0 Å². The van der Waals surface area contributed by atoms with Crippen LogP contribution in [-0.2, 0) is 0 Å². The summed E-state index contributed by atoms with van der Waals surface area (Å²) in [5, 5.41) is 13.6. The predicted octanol–water partition coefficient (Wildman–Crippen LogP) is 3.63. The highest BCUT2D eigenvalue weighted by Gasteiger charge is 2.44. The first-order chi connectivity index (χ1) is 10.7. The molecule has 0 aliphatic carbocycles. The number of rotatable bonds is 4. The first-order valence-corrected chi connectivity index (χ1v) is 7.90. The van der Waals surface area contributed by atoms with Crippen LogP contribution in [0.1, 0.15) is 56.1 Å². The van der Waals surface area contributed by atoms with E-state index in [4.69, 9.17) is 10.3 Å². The summed E-state index contributed by atoms with van der Waals surface area (Å²) in [6.07, 6.45) is 5.13. The van der Waals surface area contributed by atoms with Gasteiger partial charge >= 0.3 is 0 Å². The molecular formula is C18H26N3O2+. The molecule has 1 aliphatic heterocycles. The molecule has 0 bridgehead atoms. The highest BCUT2D eigenvalue weighted by atomic mass is 16.5. The second kappa shape index (κ2) is 6.26. The number of hydrogen-bond donors (Lipinski definition) is 2. The summed E-state index contributed by atoms with van der Waals surface area (Å²) in [5.74, 6) is -0.503. The summed E-state index contributed by atoms with van der Waals surface area (Å²) in [6, 6.07) is 7.47. The van der Waals surface area contributed by atoms with Crippen LogP contribution in [0.2, 0.25) is 0 Å². The third kappa shape index (κ3) is 3.51. The lowest BCUT2D eigenvalue weighted by Crippen LogP contribution is -2.42. The Balaban J connectivity index is 2.44. The third-order valence-electron chi connectivity index (χ3n) is 4.21. The van der Waals surface area contributed by atoms with Crippen LogP contribution >= 0.6 is 0 Å². The molecule has 1 amide bonds. The minimum absolute atomic E-state index is 0.0213. The number of hydroxylamine groups is 1. The third-order valence-corrected chi connectivity index (χ3v) is 4.21. The highest BCUT2D eigenvalue weighted by molar-refractivity contribution is 5.95. The molecule has 1 aliphatic rings. The van der Waals surface area contributed by atoms with E-state index in [-0.39, 0.29) is 11.5 Å². The molecule has 0 radical (unpaired) electrons. The Morgan fingerprint density at radius 2 is 1.91 bits per heavy atom. The van der Waals surface area contributed by atoms with Crippen molar-refractivity contribution < 1.29 is 14.6 Å². The normalized spacial score (nSPS) is 21.9. The monoisotopic (exact) mass is 316 g/mol. The minimum Gasteiger partial charge on any atom is -0.288 e. The van der Waals surface area contributed by atoms with Crippen molar-refractivity contribution in [2.75, 3.05) is 7.05 Å². The summed E-state index contributed by atoms with van der Waals surface area (Å²) >= 11 is 0. The zero-order valence-corrected chi connectivity index (χ0v) is 14.5. The van der Waals surface area contributed by atoms with Crippen LogP contribution in [-0.4, -0.2) is 28.5 Å². The Labute approximate surface area is 137 Å². The van der Waals surface area contributed by atoms with Gasteiger partial charge in [-0.15, -0.1) is 0 Å². The smallest absolute Gasteiger partial charge is 0.274 e. The van der Waals surface area contributed by atoms with E-state index in [0.29, 0.717) is 10.2 Å². The van der Waals surface area contributed by atoms with E-state index in [9.17, 15) is 4.79 Å². The van der Waals surface area contributed by atoms with Crippen molar-refractivity contribution in [1.29, 1.82) is 0 Å². The molecule has 124 valence electrons. The maximum Gasteiger partial charge on any atom is 0.274 e. The van der Waals surface area contributed by atoms with Gasteiger partial charge < -0.3 is 0 Å². The van der Waals surface area contributed by atoms with Gasteiger partial charge in [0.15, 0.2) is 0 Å². The van der Waals surface area contributed by atoms with Crippen LogP contribution in [0.5, 0.6) is 0 Å². The zero-order chi connectivity index (χ0) is 17.3. The summed E-state index contributed by atoms with van der Waals surface area (Å²) in [7, 11) is 2.10. The van der Waals surface area contributed by atoms with Crippen molar-refractivity contribution in [3.05, 3.63) is 47.7 Å². The fourth-order valence-corrected chi connectivity index (χ4v) is 3.38. The topological polar surface area (TPSA) is 61.7 Å². The fraction of sp³-hybridized carbons (Fsp3) is 0.444. The number of amides is 1. The van der Waals surface area contributed by atoms with E-state index in [0.717, 1.165) is 17.7 Å². The van der Waals surface area contributed by atoms with Crippen molar-refractivity contribution in [2.45, 2.75) is 40.2 Å². The summed E-state index contributed by atoms with van der Waals surface area (Å²) in [5.41, 5.74) is 4.28. The van der Waals surface area contributed by atoms with Gasteiger partial charge in [-0.25, -0.2) is 5.48 Å². The Bertz CT molecular complexity index is 641. The molecule has 1 aromatic rings. The van der Waals surface area contributed by atoms with E-state index < -0.39 is 5.91 Å². The number of carbonyl (C=O) groups excluding carboxylic acids is 1. The van der Waals surface area contributed by atoms with Gasteiger partial charge in [0.25, 0.3) is 5.91 Å². The molecule has 5 nitrogen and oxygen atoms in total. The molecule has 0 saturated heterocycles. The second-order valence-corrected chi connectivity index (χ2v) is 7.19. The van der Waals surface area contributed by atoms with Crippen LogP contribution < -0.4 is 5.48 Å². The van der Waals surface area contributed by atoms with E-state index in [1.807, 2.05) is 12.1 Å². The number of carbonyl (C=O) groups is 1. The largest absolute Gasteiger partial charge is 0.288 e. The molecule has 1 heterocycles. The Morgan fingerprint density at radius 1 is 1.30 bits per heavy atom.